The summed E-state index contributed by atoms with van der Waals surface area (Å²) in [5.74, 6) is -0.933. The SMILES string of the molecule is COCCN(CCOC)Cc1sccc1C=CC(=O)O. The molecule has 0 aliphatic heterocycles. The van der Waals surface area contributed by atoms with E-state index in [4.69, 9.17) is 14.6 Å². The number of aliphatic carboxylic acids is 1. The fraction of sp³-hybridized carbons (Fsp3) is 0.500. The maximum atomic E-state index is 10.6. The summed E-state index contributed by atoms with van der Waals surface area (Å²) < 4.78 is 10.2. The van der Waals surface area contributed by atoms with Crippen LogP contribution >= 0.6 is 11.3 Å². The number of hydrogen-bond donors (Lipinski definition) is 1. The van der Waals surface area contributed by atoms with Gasteiger partial charge in [0.25, 0.3) is 0 Å². The average molecular weight is 299 g/mol. The zero-order chi connectivity index (χ0) is 14.8. The van der Waals surface area contributed by atoms with Crippen molar-refractivity contribution in [2.75, 3.05) is 40.5 Å². The molecule has 1 aromatic heterocycles. The topological polar surface area (TPSA) is 59.0 Å². The summed E-state index contributed by atoms with van der Waals surface area (Å²) in [6.45, 7) is 3.73. The van der Waals surface area contributed by atoms with Gasteiger partial charge in [-0.2, -0.15) is 0 Å². The highest BCUT2D eigenvalue weighted by molar-refractivity contribution is 7.10. The van der Waals surface area contributed by atoms with E-state index in [0.29, 0.717) is 13.2 Å². The highest BCUT2D eigenvalue weighted by Crippen LogP contribution is 2.20. The Morgan fingerprint density at radius 3 is 2.55 bits per heavy atom. The van der Waals surface area contributed by atoms with Gasteiger partial charge in [0.1, 0.15) is 0 Å². The summed E-state index contributed by atoms with van der Waals surface area (Å²) in [6, 6.07) is 1.93. The summed E-state index contributed by atoms with van der Waals surface area (Å²) in [4.78, 5) is 14.0. The lowest BCUT2D eigenvalue weighted by atomic mass is 10.2. The molecule has 0 radical (unpaired) electrons. The summed E-state index contributed by atoms with van der Waals surface area (Å²) in [6.07, 6.45) is 2.80. The molecule has 6 heteroatoms. The Balaban J connectivity index is 2.67. The van der Waals surface area contributed by atoms with E-state index in [2.05, 4.69) is 4.90 Å². The molecule has 1 heterocycles. The number of rotatable bonds is 10. The number of methoxy groups -OCH3 is 2. The van der Waals surface area contributed by atoms with Crippen LogP contribution < -0.4 is 0 Å². The number of ether oxygens (including phenoxy) is 2. The number of hydrogen-bond acceptors (Lipinski definition) is 5. The smallest absolute Gasteiger partial charge is 0.328 e. The minimum atomic E-state index is -0.933. The molecule has 0 aromatic carbocycles. The van der Waals surface area contributed by atoms with Crippen molar-refractivity contribution in [1.29, 1.82) is 0 Å². The first-order valence-corrected chi connectivity index (χ1v) is 7.23. The van der Waals surface area contributed by atoms with Gasteiger partial charge in [0.05, 0.1) is 13.2 Å². The number of carbonyl (C=O) groups is 1. The number of carboxylic acid groups (broad SMARTS) is 1. The van der Waals surface area contributed by atoms with Crippen LogP contribution in [0.5, 0.6) is 0 Å². The van der Waals surface area contributed by atoms with Crippen molar-refractivity contribution >= 4 is 23.4 Å². The molecule has 0 saturated carbocycles. The van der Waals surface area contributed by atoms with Crippen LogP contribution in [0.15, 0.2) is 17.5 Å². The second-order valence-corrected chi connectivity index (χ2v) is 5.23. The standard InChI is InChI=1S/C14H21NO4S/c1-18-8-6-15(7-9-19-2)11-13-12(5-10-20-13)3-4-14(16)17/h3-5,10H,6-9,11H2,1-2H3,(H,16,17). The first-order chi connectivity index (χ1) is 9.67. The van der Waals surface area contributed by atoms with Gasteiger partial charge in [-0.1, -0.05) is 0 Å². The van der Waals surface area contributed by atoms with Gasteiger partial charge in [0.2, 0.25) is 0 Å². The molecule has 0 amide bonds. The molecule has 0 atom stereocenters. The molecular formula is C14H21NO4S. The van der Waals surface area contributed by atoms with Crippen LogP contribution in [0.1, 0.15) is 10.4 Å². The van der Waals surface area contributed by atoms with Crippen molar-refractivity contribution in [3.8, 4) is 0 Å². The maximum Gasteiger partial charge on any atom is 0.328 e. The van der Waals surface area contributed by atoms with Gasteiger partial charge in [-0.3, -0.25) is 4.90 Å². The van der Waals surface area contributed by atoms with E-state index in [1.54, 1.807) is 31.6 Å². The minimum Gasteiger partial charge on any atom is -0.478 e. The van der Waals surface area contributed by atoms with Crippen LogP contribution in [0.4, 0.5) is 0 Å². The lowest BCUT2D eigenvalue weighted by Crippen LogP contribution is -2.30. The highest BCUT2D eigenvalue weighted by Gasteiger charge is 2.09. The molecule has 20 heavy (non-hydrogen) atoms. The largest absolute Gasteiger partial charge is 0.478 e. The average Bonchev–Trinajstić information content (AvgIpc) is 2.86. The Hall–Kier alpha value is -1.21. The third-order valence-corrected chi connectivity index (χ3v) is 3.70. The van der Waals surface area contributed by atoms with E-state index in [-0.39, 0.29) is 0 Å². The fourth-order valence-electron chi connectivity index (χ4n) is 1.70. The lowest BCUT2D eigenvalue weighted by molar-refractivity contribution is -0.131. The van der Waals surface area contributed by atoms with E-state index in [1.165, 1.54) is 6.08 Å². The van der Waals surface area contributed by atoms with E-state index < -0.39 is 5.97 Å². The van der Waals surface area contributed by atoms with Crippen LogP contribution in [-0.2, 0) is 20.8 Å². The van der Waals surface area contributed by atoms with Crippen molar-refractivity contribution < 1.29 is 19.4 Å². The molecule has 0 aliphatic carbocycles. The first-order valence-electron chi connectivity index (χ1n) is 6.35. The van der Waals surface area contributed by atoms with Gasteiger partial charge in [-0.25, -0.2) is 4.79 Å². The molecule has 0 saturated heterocycles. The van der Waals surface area contributed by atoms with E-state index in [1.807, 2.05) is 11.4 Å². The van der Waals surface area contributed by atoms with E-state index >= 15 is 0 Å². The summed E-state index contributed by atoms with van der Waals surface area (Å²) >= 11 is 1.63. The zero-order valence-corrected chi connectivity index (χ0v) is 12.7. The van der Waals surface area contributed by atoms with Crippen LogP contribution in [0.2, 0.25) is 0 Å². The molecule has 0 aliphatic rings. The van der Waals surface area contributed by atoms with Crippen molar-refractivity contribution in [3.63, 3.8) is 0 Å². The second-order valence-electron chi connectivity index (χ2n) is 4.23. The Morgan fingerprint density at radius 1 is 1.35 bits per heavy atom. The molecule has 1 rings (SSSR count). The predicted octanol–water partition coefficient (Wildman–Crippen LogP) is 1.94. The fourth-order valence-corrected chi connectivity index (χ4v) is 2.61. The van der Waals surface area contributed by atoms with Gasteiger partial charge in [-0.15, -0.1) is 11.3 Å². The van der Waals surface area contributed by atoms with E-state index in [0.717, 1.165) is 30.1 Å². The number of carboxylic acids is 1. The first kappa shape index (κ1) is 16.8. The lowest BCUT2D eigenvalue weighted by Gasteiger charge is -2.21. The molecule has 0 fully saturated rings. The Labute approximate surface area is 123 Å². The normalized spacial score (nSPS) is 11.6. The predicted molar refractivity (Wildman–Crippen MR) is 80.0 cm³/mol. The van der Waals surface area contributed by atoms with Crippen LogP contribution in [0, 0.1) is 0 Å². The Kier molecular flexibility index (Phi) is 8.13. The molecule has 5 nitrogen and oxygen atoms in total. The third kappa shape index (κ3) is 6.29. The minimum absolute atomic E-state index is 0.662. The van der Waals surface area contributed by atoms with Crippen LogP contribution in [0.3, 0.4) is 0 Å². The van der Waals surface area contributed by atoms with Gasteiger partial charge in [-0.05, 0) is 23.1 Å². The molecule has 112 valence electrons. The molecule has 0 unspecified atom stereocenters. The Bertz CT molecular complexity index is 423. The van der Waals surface area contributed by atoms with E-state index in [9.17, 15) is 4.79 Å². The monoisotopic (exact) mass is 299 g/mol. The van der Waals surface area contributed by atoms with Crippen LogP contribution in [0.25, 0.3) is 6.08 Å². The number of thiophene rings is 1. The zero-order valence-electron chi connectivity index (χ0n) is 11.9. The molecule has 0 spiro atoms. The van der Waals surface area contributed by atoms with Crippen LogP contribution in [-0.4, -0.2) is 56.5 Å². The van der Waals surface area contributed by atoms with Gasteiger partial charge in [0.15, 0.2) is 0 Å². The Morgan fingerprint density at radius 2 is 2.00 bits per heavy atom. The van der Waals surface area contributed by atoms with Crippen molar-refractivity contribution in [2.45, 2.75) is 6.54 Å². The quantitative estimate of drug-likeness (QED) is 0.669. The van der Waals surface area contributed by atoms with Crippen molar-refractivity contribution in [1.82, 2.24) is 4.90 Å². The summed E-state index contributed by atoms with van der Waals surface area (Å²) in [7, 11) is 3.36. The molecule has 0 bridgehead atoms. The summed E-state index contributed by atoms with van der Waals surface area (Å²) in [5, 5.41) is 10.7. The highest BCUT2D eigenvalue weighted by atomic mass is 32.1. The molecular weight excluding hydrogens is 278 g/mol. The molecule has 1 aromatic rings. The molecule has 1 N–H and O–H groups in total. The van der Waals surface area contributed by atoms with Gasteiger partial charge in [0, 0.05) is 44.8 Å². The van der Waals surface area contributed by atoms with Crippen molar-refractivity contribution in [3.05, 3.63) is 28.0 Å². The summed E-state index contributed by atoms with van der Waals surface area (Å²) in [5.41, 5.74) is 0.956. The maximum absolute atomic E-state index is 10.6. The van der Waals surface area contributed by atoms with Crippen molar-refractivity contribution in [2.24, 2.45) is 0 Å². The van der Waals surface area contributed by atoms with Gasteiger partial charge >= 0.3 is 5.97 Å². The number of nitrogens with zero attached hydrogens (tertiary/aromatic N) is 1. The second kappa shape index (κ2) is 9.66. The van der Waals surface area contributed by atoms with Gasteiger partial charge < -0.3 is 14.6 Å². The third-order valence-electron chi connectivity index (χ3n) is 2.78.